The third-order valence-electron chi connectivity index (χ3n) is 3.11. The second-order valence-electron chi connectivity index (χ2n) is 4.14. The molecule has 3 nitrogen and oxygen atoms in total. The predicted octanol–water partition coefficient (Wildman–Crippen LogP) is 2.08. The van der Waals surface area contributed by atoms with E-state index in [9.17, 15) is 0 Å². The maximum absolute atomic E-state index is 5.56. The molecule has 0 saturated carbocycles. The topological polar surface area (TPSA) is 55.3 Å². The van der Waals surface area contributed by atoms with Crippen LogP contribution >= 0.6 is 49.6 Å². The Labute approximate surface area is 130 Å². The number of piperidine rings is 1. The van der Waals surface area contributed by atoms with Gasteiger partial charge in [-0.05, 0) is 45.2 Å². The van der Waals surface area contributed by atoms with Crippen LogP contribution in [0.1, 0.15) is 26.2 Å². The van der Waals surface area contributed by atoms with Crippen LogP contribution in [-0.2, 0) is 0 Å². The second kappa shape index (κ2) is 15.1. The molecule has 1 rings (SSSR count). The highest BCUT2D eigenvalue weighted by atomic mass is 35.5. The fourth-order valence-electron chi connectivity index (χ4n) is 2.31. The normalized spacial score (nSPS) is 23.5. The smallest absolute Gasteiger partial charge is 0.0107 e. The van der Waals surface area contributed by atoms with Crippen molar-refractivity contribution in [3.05, 3.63) is 0 Å². The van der Waals surface area contributed by atoms with Crippen molar-refractivity contribution in [1.82, 2.24) is 4.90 Å². The average molecular weight is 331 g/mol. The molecule has 17 heavy (non-hydrogen) atoms. The number of hydrogen-bond donors (Lipinski definition) is 2. The molecule has 7 heteroatoms. The van der Waals surface area contributed by atoms with Crippen molar-refractivity contribution in [2.24, 2.45) is 17.4 Å². The minimum Gasteiger partial charge on any atom is -0.330 e. The van der Waals surface area contributed by atoms with Gasteiger partial charge in [-0.3, -0.25) is 4.90 Å². The van der Waals surface area contributed by atoms with Crippen LogP contribution in [0.2, 0.25) is 0 Å². The Balaban J connectivity index is -0.000000211. The molecule has 0 aromatic rings. The molecule has 1 heterocycles. The number of rotatable bonds is 4. The van der Waals surface area contributed by atoms with E-state index >= 15 is 0 Å². The maximum Gasteiger partial charge on any atom is 0.0107 e. The zero-order valence-corrected chi connectivity index (χ0v) is 13.6. The third-order valence-corrected chi connectivity index (χ3v) is 3.11. The number of likely N-dealkylation sites (tertiary alicyclic amines) is 1. The summed E-state index contributed by atoms with van der Waals surface area (Å²) in [6.07, 6.45) is 3.81. The quantitative estimate of drug-likeness (QED) is 0.829. The van der Waals surface area contributed by atoms with Crippen molar-refractivity contribution in [3.63, 3.8) is 0 Å². The molecule has 2 unspecified atom stereocenters. The first kappa shape index (κ1) is 26.6. The molecule has 0 aromatic heterocycles. The van der Waals surface area contributed by atoms with Gasteiger partial charge in [0.05, 0.1) is 0 Å². The Bertz CT molecular complexity index is 152. The summed E-state index contributed by atoms with van der Waals surface area (Å²) in [5, 5.41) is 0. The number of nitrogens with zero attached hydrogens (tertiary/aromatic N) is 1. The molecule has 110 valence electrons. The van der Waals surface area contributed by atoms with E-state index < -0.39 is 0 Å². The molecule has 0 aliphatic carbocycles. The van der Waals surface area contributed by atoms with Gasteiger partial charge in [0.2, 0.25) is 0 Å². The highest BCUT2D eigenvalue weighted by Gasteiger charge is 2.23. The minimum atomic E-state index is 0. The summed E-state index contributed by atoms with van der Waals surface area (Å²) in [4.78, 5) is 2.49. The van der Waals surface area contributed by atoms with E-state index in [4.69, 9.17) is 11.5 Å². The molecule has 0 radical (unpaired) electrons. The zero-order valence-electron chi connectivity index (χ0n) is 10.3. The first-order chi connectivity index (χ1) is 6.27. The summed E-state index contributed by atoms with van der Waals surface area (Å²) in [6.45, 7) is 6.19. The number of nitrogens with two attached hydrogens (primary N) is 2. The summed E-state index contributed by atoms with van der Waals surface area (Å²) >= 11 is 0. The third kappa shape index (κ3) is 9.60. The molecular formula is C10H27Cl4N3. The van der Waals surface area contributed by atoms with Crippen LogP contribution in [-0.4, -0.2) is 37.1 Å². The SMILES string of the molecule is CC1CC(CCN)CCN1CCN.Cl.Cl.Cl.Cl. The Morgan fingerprint density at radius 1 is 1.06 bits per heavy atom. The molecule has 1 aliphatic heterocycles. The first-order valence-corrected chi connectivity index (χ1v) is 5.42. The Morgan fingerprint density at radius 3 is 2.06 bits per heavy atom. The minimum absolute atomic E-state index is 0. The van der Waals surface area contributed by atoms with E-state index in [1.807, 2.05) is 0 Å². The molecule has 1 fully saturated rings. The van der Waals surface area contributed by atoms with Gasteiger partial charge in [0.25, 0.3) is 0 Å². The van der Waals surface area contributed by atoms with Crippen LogP contribution in [0, 0.1) is 5.92 Å². The maximum atomic E-state index is 5.56. The van der Waals surface area contributed by atoms with E-state index in [1.165, 1.54) is 25.8 Å². The summed E-state index contributed by atoms with van der Waals surface area (Å²) < 4.78 is 0. The van der Waals surface area contributed by atoms with Gasteiger partial charge in [0, 0.05) is 19.1 Å². The molecule has 0 bridgehead atoms. The van der Waals surface area contributed by atoms with Crippen molar-refractivity contribution in [2.45, 2.75) is 32.2 Å². The fraction of sp³-hybridized carbons (Fsp3) is 1.00. The molecule has 0 amide bonds. The van der Waals surface area contributed by atoms with Gasteiger partial charge in [0.1, 0.15) is 0 Å². The van der Waals surface area contributed by atoms with E-state index in [-0.39, 0.29) is 49.6 Å². The van der Waals surface area contributed by atoms with Gasteiger partial charge in [-0.2, -0.15) is 0 Å². The van der Waals surface area contributed by atoms with Crippen LogP contribution in [0.25, 0.3) is 0 Å². The van der Waals surface area contributed by atoms with E-state index in [2.05, 4.69) is 11.8 Å². The second-order valence-corrected chi connectivity index (χ2v) is 4.14. The molecule has 0 spiro atoms. The zero-order chi connectivity index (χ0) is 9.68. The lowest BCUT2D eigenvalue weighted by atomic mass is 9.89. The number of halogens is 4. The summed E-state index contributed by atoms with van der Waals surface area (Å²) in [6, 6.07) is 0.703. The predicted molar refractivity (Wildman–Crippen MR) is 85.5 cm³/mol. The van der Waals surface area contributed by atoms with Gasteiger partial charge in [-0.1, -0.05) is 0 Å². The Kier molecular flexibility index (Phi) is 23.6. The highest BCUT2D eigenvalue weighted by molar-refractivity contribution is 5.86. The van der Waals surface area contributed by atoms with Gasteiger partial charge in [-0.15, -0.1) is 49.6 Å². The Morgan fingerprint density at radius 2 is 1.65 bits per heavy atom. The molecule has 0 aromatic carbocycles. The number of hydrogen-bond acceptors (Lipinski definition) is 3. The van der Waals surface area contributed by atoms with E-state index in [0.717, 1.165) is 25.6 Å². The fourth-order valence-corrected chi connectivity index (χ4v) is 2.31. The first-order valence-electron chi connectivity index (χ1n) is 5.42. The summed E-state index contributed by atoms with van der Waals surface area (Å²) in [7, 11) is 0. The van der Waals surface area contributed by atoms with Gasteiger partial charge in [0.15, 0.2) is 0 Å². The molecule has 4 N–H and O–H groups in total. The molecule has 2 atom stereocenters. The summed E-state index contributed by atoms with van der Waals surface area (Å²) in [5.74, 6) is 0.856. The summed E-state index contributed by atoms with van der Waals surface area (Å²) in [5.41, 5.74) is 11.1. The van der Waals surface area contributed by atoms with Gasteiger partial charge >= 0.3 is 0 Å². The van der Waals surface area contributed by atoms with Crippen molar-refractivity contribution < 1.29 is 0 Å². The van der Waals surface area contributed by atoms with Crippen molar-refractivity contribution >= 4 is 49.6 Å². The van der Waals surface area contributed by atoms with E-state index in [0.29, 0.717) is 6.04 Å². The van der Waals surface area contributed by atoms with E-state index in [1.54, 1.807) is 0 Å². The van der Waals surface area contributed by atoms with Crippen LogP contribution in [0.15, 0.2) is 0 Å². The van der Waals surface area contributed by atoms with Gasteiger partial charge in [-0.25, -0.2) is 0 Å². The lowest BCUT2D eigenvalue weighted by Crippen LogP contribution is -2.43. The monoisotopic (exact) mass is 329 g/mol. The lowest BCUT2D eigenvalue weighted by Gasteiger charge is -2.37. The lowest BCUT2D eigenvalue weighted by molar-refractivity contribution is 0.124. The Hall–Kier alpha value is 1.04. The van der Waals surface area contributed by atoms with Crippen molar-refractivity contribution in [3.8, 4) is 0 Å². The van der Waals surface area contributed by atoms with Crippen molar-refractivity contribution in [1.29, 1.82) is 0 Å². The van der Waals surface area contributed by atoms with Crippen LogP contribution in [0.5, 0.6) is 0 Å². The van der Waals surface area contributed by atoms with Crippen molar-refractivity contribution in [2.75, 3.05) is 26.2 Å². The molecule has 1 saturated heterocycles. The van der Waals surface area contributed by atoms with Crippen LogP contribution in [0.4, 0.5) is 0 Å². The van der Waals surface area contributed by atoms with Crippen LogP contribution in [0.3, 0.4) is 0 Å². The largest absolute Gasteiger partial charge is 0.330 e. The standard InChI is InChI=1S/C10H23N3.4ClH/c1-9-8-10(2-4-11)3-6-13(9)7-5-12;;;;/h9-10H,2-8,11-12H2,1H3;4*1H. The van der Waals surface area contributed by atoms with Crippen LogP contribution < -0.4 is 11.5 Å². The molecule has 1 aliphatic rings. The highest BCUT2D eigenvalue weighted by Crippen LogP contribution is 2.24. The average Bonchev–Trinajstić information content (AvgIpc) is 2.10. The van der Waals surface area contributed by atoms with Gasteiger partial charge < -0.3 is 11.5 Å². The molecular weight excluding hydrogens is 304 g/mol.